The van der Waals surface area contributed by atoms with Crippen molar-refractivity contribution in [2.24, 2.45) is 0 Å². The zero-order chi connectivity index (χ0) is 20.6. The summed E-state index contributed by atoms with van der Waals surface area (Å²) in [7, 11) is 5.76. The van der Waals surface area contributed by atoms with Crippen molar-refractivity contribution in [3.8, 4) is 5.75 Å². The van der Waals surface area contributed by atoms with Crippen molar-refractivity contribution in [3.63, 3.8) is 0 Å². The molecule has 1 aliphatic rings. The smallest absolute Gasteiger partial charge is 0.220 e. The molecule has 1 amide bonds. The van der Waals surface area contributed by atoms with E-state index >= 15 is 0 Å². The zero-order valence-corrected chi connectivity index (χ0v) is 17.9. The van der Waals surface area contributed by atoms with E-state index in [1.165, 1.54) is 24.1 Å². The van der Waals surface area contributed by atoms with E-state index < -0.39 is 0 Å². The lowest BCUT2D eigenvalue weighted by Crippen LogP contribution is -2.36. The second-order valence-corrected chi connectivity index (χ2v) is 7.90. The van der Waals surface area contributed by atoms with Crippen LogP contribution < -0.4 is 15.0 Å². The molecule has 5 nitrogen and oxygen atoms in total. The van der Waals surface area contributed by atoms with Crippen molar-refractivity contribution in [1.82, 2.24) is 10.2 Å². The summed E-state index contributed by atoms with van der Waals surface area (Å²) in [4.78, 5) is 17.1. The molecular weight excluding hydrogens is 362 g/mol. The fourth-order valence-electron chi connectivity index (χ4n) is 3.85. The van der Waals surface area contributed by atoms with Crippen LogP contribution >= 0.6 is 0 Å². The number of methoxy groups -OCH3 is 1. The normalized spacial score (nSPS) is 15.1. The van der Waals surface area contributed by atoms with Crippen LogP contribution in [0.4, 0.5) is 5.69 Å². The Labute approximate surface area is 174 Å². The maximum absolute atomic E-state index is 12.5. The third kappa shape index (κ3) is 5.97. The van der Waals surface area contributed by atoms with Gasteiger partial charge in [-0.15, -0.1) is 0 Å². The molecule has 29 heavy (non-hydrogen) atoms. The molecule has 1 heterocycles. The van der Waals surface area contributed by atoms with Gasteiger partial charge in [0.15, 0.2) is 0 Å². The van der Waals surface area contributed by atoms with Gasteiger partial charge in [-0.3, -0.25) is 9.69 Å². The van der Waals surface area contributed by atoms with E-state index in [9.17, 15) is 4.79 Å². The lowest BCUT2D eigenvalue weighted by Gasteiger charge is -2.28. The number of anilines is 1. The molecule has 0 radical (unpaired) electrons. The van der Waals surface area contributed by atoms with Crippen molar-refractivity contribution in [2.45, 2.75) is 31.7 Å². The van der Waals surface area contributed by atoms with Crippen LogP contribution in [0.5, 0.6) is 5.75 Å². The number of carbonyl (C=O) groups is 1. The van der Waals surface area contributed by atoms with E-state index in [0.29, 0.717) is 13.0 Å². The van der Waals surface area contributed by atoms with Crippen molar-refractivity contribution in [3.05, 3.63) is 59.7 Å². The highest BCUT2D eigenvalue weighted by Gasteiger charge is 2.24. The van der Waals surface area contributed by atoms with Gasteiger partial charge in [0.25, 0.3) is 0 Å². The first kappa shape index (κ1) is 21.2. The highest BCUT2D eigenvalue weighted by Crippen LogP contribution is 2.26. The van der Waals surface area contributed by atoms with E-state index in [1.807, 2.05) is 24.3 Å². The van der Waals surface area contributed by atoms with Crippen LogP contribution in [-0.2, 0) is 11.2 Å². The monoisotopic (exact) mass is 395 g/mol. The van der Waals surface area contributed by atoms with E-state index in [2.05, 4.69) is 53.5 Å². The molecule has 0 aliphatic carbocycles. The number of ether oxygens (including phenoxy) is 1. The van der Waals surface area contributed by atoms with Gasteiger partial charge in [-0.05, 0) is 67.7 Å². The minimum atomic E-state index is 0.106. The number of rotatable bonds is 9. The molecule has 0 saturated carbocycles. The van der Waals surface area contributed by atoms with Crippen LogP contribution in [0, 0.1) is 0 Å². The predicted octanol–water partition coefficient (Wildman–Crippen LogP) is 3.65. The summed E-state index contributed by atoms with van der Waals surface area (Å²) in [6.07, 6.45) is 3.70. The molecule has 1 fully saturated rings. The van der Waals surface area contributed by atoms with Gasteiger partial charge in [0.1, 0.15) is 5.75 Å². The van der Waals surface area contributed by atoms with Gasteiger partial charge < -0.3 is 15.0 Å². The third-order valence-electron chi connectivity index (χ3n) is 5.67. The number of benzene rings is 2. The molecule has 1 aliphatic heterocycles. The Balaban J connectivity index is 1.56. The first-order valence-corrected chi connectivity index (χ1v) is 10.5. The lowest BCUT2D eigenvalue weighted by atomic mass is 10.0. The maximum atomic E-state index is 12.5. The molecule has 5 heteroatoms. The second-order valence-electron chi connectivity index (χ2n) is 7.90. The summed E-state index contributed by atoms with van der Waals surface area (Å²) in [5, 5.41) is 3.17. The SMILES string of the molecule is COc1ccc(CCC(=O)NC[C@H](c2ccc(N(C)C)cc2)N2CCCC2)cc1. The van der Waals surface area contributed by atoms with Crippen LogP contribution in [-0.4, -0.2) is 51.6 Å². The second kappa shape index (κ2) is 10.3. The Bertz CT molecular complexity index is 766. The minimum Gasteiger partial charge on any atom is -0.497 e. The fourth-order valence-corrected chi connectivity index (χ4v) is 3.85. The molecule has 0 unspecified atom stereocenters. The maximum Gasteiger partial charge on any atom is 0.220 e. The molecule has 156 valence electrons. The summed E-state index contributed by atoms with van der Waals surface area (Å²) in [6, 6.07) is 16.9. The van der Waals surface area contributed by atoms with Crippen LogP contribution in [0.3, 0.4) is 0 Å². The average molecular weight is 396 g/mol. The van der Waals surface area contributed by atoms with Crippen molar-refractivity contribution >= 4 is 11.6 Å². The van der Waals surface area contributed by atoms with Crippen LogP contribution in [0.15, 0.2) is 48.5 Å². The average Bonchev–Trinajstić information content (AvgIpc) is 3.27. The molecule has 0 bridgehead atoms. The van der Waals surface area contributed by atoms with Crippen LogP contribution in [0.25, 0.3) is 0 Å². The summed E-state index contributed by atoms with van der Waals surface area (Å²) < 4.78 is 5.18. The van der Waals surface area contributed by atoms with E-state index in [0.717, 1.165) is 30.8 Å². The number of hydrogen-bond acceptors (Lipinski definition) is 4. The van der Waals surface area contributed by atoms with Gasteiger partial charge in [0.2, 0.25) is 5.91 Å². The molecule has 1 atom stereocenters. The van der Waals surface area contributed by atoms with Crippen molar-refractivity contribution < 1.29 is 9.53 Å². The number of aryl methyl sites for hydroxylation is 1. The lowest BCUT2D eigenvalue weighted by molar-refractivity contribution is -0.121. The first-order valence-electron chi connectivity index (χ1n) is 10.5. The Morgan fingerprint density at radius 1 is 1.07 bits per heavy atom. The Morgan fingerprint density at radius 3 is 2.31 bits per heavy atom. The molecule has 0 aromatic heterocycles. The zero-order valence-electron chi connectivity index (χ0n) is 17.9. The van der Waals surface area contributed by atoms with Crippen molar-refractivity contribution in [1.29, 1.82) is 0 Å². The quantitative estimate of drug-likeness (QED) is 0.704. The van der Waals surface area contributed by atoms with Crippen LogP contribution in [0.2, 0.25) is 0 Å². The van der Waals surface area contributed by atoms with Crippen molar-refractivity contribution in [2.75, 3.05) is 45.7 Å². The predicted molar refractivity (Wildman–Crippen MR) is 119 cm³/mol. The number of likely N-dealkylation sites (tertiary alicyclic amines) is 1. The molecule has 0 spiro atoms. The highest BCUT2D eigenvalue weighted by atomic mass is 16.5. The Hall–Kier alpha value is -2.53. The first-order chi connectivity index (χ1) is 14.1. The largest absolute Gasteiger partial charge is 0.497 e. The molecule has 1 saturated heterocycles. The molecule has 1 N–H and O–H groups in total. The van der Waals surface area contributed by atoms with Gasteiger partial charge in [-0.25, -0.2) is 0 Å². The van der Waals surface area contributed by atoms with Gasteiger partial charge in [0, 0.05) is 32.7 Å². The number of nitrogens with zero attached hydrogens (tertiary/aromatic N) is 2. The van der Waals surface area contributed by atoms with E-state index in [4.69, 9.17) is 4.74 Å². The highest BCUT2D eigenvalue weighted by molar-refractivity contribution is 5.76. The summed E-state index contributed by atoms with van der Waals surface area (Å²) in [5.41, 5.74) is 3.61. The topological polar surface area (TPSA) is 44.8 Å². The van der Waals surface area contributed by atoms with E-state index in [-0.39, 0.29) is 11.9 Å². The summed E-state index contributed by atoms with van der Waals surface area (Å²) in [6.45, 7) is 2.85. The number of amides is 1. The Kier molecular flexibility index (Phi) is 7.53. The van der Waals surface area contributed by atoms with Crippen LogP contribution in [0.1, 0.15) is 36.4 Å². The van der Waals surface area contributed by atoms with Gasteiger partial charge in [-0.2, -0.15) is 0 Å². The van der Waals surface area contributed by atoms with Gasteiger partial charge in [0.05, 0.1) is 13.2 Å². The standard InChI is InChI=1S/C24H33N3O2/c1-26(2)21-11-9-20(10-12-21)23(27-16-4-5-17-27)18-25-24(28)15-8-19-6-13-22(29-3)14-7-19/h6-7,9-14,23H,4-5,8,15-18H2,1-3H3,(H,25,28)/t23-/m1/s1. The van der Waals surface area contributed by atoms with Gasteiger partial charge >= 0.3 is 0 Å². The summed E-state index contributed by atoms with van der Waals surface area (Å²) in [5.74, 6) is 0.946. The fraction of sp³-hybridized carbons (Fsp3) is 0.458. The number of carbonyl (C=O) groups excluding carboxylic acids is 1. The molecule has 3 rings (SSSR count). The summed E-state index contributed by atoms with van der Waals surface area (Å²) >= 11 is 0. The van der Waals surface area contributed by atoms with E-state index in [1.54, 1.807) is 7.11 Å². The third-order valence-corrected chi connectivity index (χ3v) is 5.67. The molecular formula is C24H33N3O2. The number of nitrogens with one attached hydrogen (secondary N) is 1. The Morgan fingerprint density at radius 2 is 1.72 bits per heavy atom. The molecule has 2 aromatic carbocycles. The molecule has 2 aromatic rings. The minimum absolute atomic E-state index is 0.106. The number of hydrogen-bond donors (Lipinski definition) is 1. The van der Waals surface area contributed by atoms with Gasteiger partial charge in [-0.1, -0.05) is 24.3 Å².